The summed E-state index contributed by atoms with van der Waals surface area (Å²) < 4.78 is 18.6. The number of fused-ring (bicyclic) bond motifs is 1. The molecular formula is C26H33BN4O5S. The van der Waals surface area contributed by atoms with Crippen molar-refractivity contribution in [3.8, 4) is 0 Å². The summed E-state index contributed by atoms with van der Waals surface area (Å²) >= 11 is 1.58. The molecule has 0 bridgehead atoms. The Hall–Kier alpha value is -3.02. The molecule has 0 atom stereocenters. The van der Waals surface area contributed by atoms with Crippen molar-refractivity contribution in [2.24, 2.45) is 15.9 Å². The minimum Gasteiger partial charge on any atom is -0.465 e. The van der Waals surface area contributed by atoms with Crippen LogP contribution in [0.1, 0.15) is 55.8 Å². The number of hydrogen-bond acceptors (Lipinski definition) is 9. The predicted molar refractivity (Wildman–Crippen MR) is 149 cm³/mol. The number of nitrogens with two attached hydrogens (primary N) is 1. The molecule has 2 N–H and O–H groups in total. The number of methoxy groups -OCH3 is 1. The first-order chi connectivity index (χ1) is 17.6. The zero-order valence-electron chi connectivity index (χ0n) is 21.9. The van der Waals surface area contributed by atoms with Crippen molar-refractivity contribution in [3.05, 3.63) is 34.7 Å². The minimum atomic E-state index is -0.622. The SMILES string of the molecule is COC(=O)c1cc(B2OC(C)(C)C(C)(C)O2)c2cc(C3=CCCN(C(=O)CCN=C/C=N\N)C3)sc2c1. The van der Waals surface area contributed by atoms with Crippen LogP contribution in [0.15, 0.2) is 34.4 Å². The van der Waals surface area contributed by atoms with Crippen LogP contribution in [0, 0.1) is 0 Å². The number of carbonyl (C=O) groups is 2. The first-order valence-corrected chi connectivity index (χ1v) is 13.1. The van der Waals surface area contributed by atoms with Gasteiger partial charge in [-0.05, 0) is 68.7 Å². The number of nitrogens with zero attached hydrogens (tertiary/aromatic N) is 3. The highest BCUT2D eigenvalue weighted by atomic mass is 32.1. The normalized spacial score (nSPS) is 19.2. The third kappa shape index (κ3) is 5.63. The predicted octanol–water partition coefficient (Wildman–Crippen LogP) is 3.01. The summed E-state index contributed by atoms with van der Waals surface area (Å²) in [7, 11) is 0.749. The van der Waals surface area contributed by atoms with Crippen molar-refractivity contribution in [3.63, 3.8) is 0 Å². The lowest BCUT2D eigenvalue weighted by Crippen LogP contribution is -2.41. The average Bonchev–Trinajstić information content (AvgIpc) is 3.40. The molecule has 1 amide bonds. The number of benzene rings is 1. The molecule has 1 aromatic carbocycles. The Morgan fingerprint density at radius 1 is 1.19 bits per heavy atom. The smallest absolute Gasteiger partial charge is 0.465 e. The zero-order chi connectivity index (χ0) is 26.8. The van der Waals surface area contributed by atoms with Gasteiger partial charge in [0.2, 0.25) is 5.91 Å². The maximum absolute atomic E-state index is 12.8. The summed E-state index contributed by atoms with van der Waals surface area (Å²) in [5.74, 6) is 4.69. The van der Waals surface area contributed by atoms with E-state index in [9.17, 15) is 9.59 Å². The summed E-state index contributed by atoms with van der Waals surface area (Å²) in [6.45, 7) is 9.59. The number of amides is 1. The Morgan fingerprint density at radius 3 is 2.59 bits per heavy atom. The van der Waals surface area contributed by atoms with E-state index in [1.165, 1.54) is 19.5 Å². The third-order valence-electron chi connectivity index (χ3n) is 7.13. The van der Waals surface area contributed by atoms with Gasteiger partial charge in [-0.25, -0.2) is 4.79 Å². The fourth-order valence-electron chi connectivity index (χ4n) is 4.34. The minimum absolute atomic E-state index is 0.0550. The Morgan fingerprint density at radius 2 is 1.92 bits per heavy atom. The second kappa shape index (κ2) is 10.8. The fraction of sp³-hybridized carbons (Fsp3) is 0.462. The molecule has 3 heterocycles. The first-order valence-electron chi connectivity index (χ1n) is 12.3. The van der Waals surface area contributed by atoms with E-state index in [1.807, 2.05) is 38.7 Å². The topological polar surface area (TPSA) is 116 Å². The van der Waals surface area contributed by atoms with Gasteiger partial charge in [0.1, 0.15) is 0 Å². The van der Waals surface area contributed by atoms with Crippen molar-refractivity contribution in [2.45, 2.75) is 51.7 Å². The average molecular weight is 524 g/mol. The number of esters is 1. The van der Waals surface area contributed by atoms with E-state index < -0.39 is 24.3 Å². The van der Waals surface area contributed by atoms with Crippen LogP contribution in [-0.2, 0) is 18.8 Å². The molecule has 2 aromatic rings. The summed E-state index contributed by atoms with van der Waals surface area (Å²) in [6, 6.07) is 5.75. The van der Waals surface area contributed by atoms with E-state index in [1.54, 1.807) is 17.4 Å². The molecule has 0 saturated carbocycles. The number of rotatable bonds is 7. The number of hydrazone groups is 1. The van der Waals surface area contributed by atoms with Crippen LogP contribution < -0.4 is 11.3 Å². The summed E-state index contributed by atoms with van der Waals surface area (Å²) in [5, 5.41) is 4.32. The molecule has 2 aliphatic rings. The highest BCUT2D eigenvalue weighted by Crippen LogP contribution is 2.39. The number of ether oxygens (including phenoxy) is 1. The van der Waals surface area contributed by atoms with Gasteiger partial charge < -0.3 is 24.8 Å². The quantitative estimate of drug-likeness (QED) is 0.196. The molecule has 9 nitrogen and oxygen atoms in total. The van der Waals surface area contributed by atoms with Gasteiger partial charge in [-0.3, -0.25) is 9.79 Å². The van der Waals surface area contributed by atoms with Crippen molar-refractivity contribution in [1.29, 1.82) is 0 Å². The summed E-state index contributed by atoms with van der Waals surface area (Å²) in [6.07, 6.45) is 6.16. The lowest BCUT2D eigenvalue weighted by Gasteiger charge is -2.32. The molecule has 37 heavy (non-hydrogen) atoms. The Bertz CT molecular complexity index is 1270. The Balaban J connectivity index is 1.62. The molecule has 1 fully saturated rings. The van der Waals surface area contributed by atoms with Crippen LogP contribution in [0.2, 0.25) is 0 Å². The van der Waals surface area contributed by atoms with Crippen LogP contribution >= 0.6 is 11.3 Å². The maximum atomic E-state index is 12.8. The van der Waals surface area contributed by atoms with E-state index >= 15 is 0 Å². The Labute approximate surface area is 221 Å². The molecule has 1 aromatic heterocycles. The number of aliphatic imine (C=N–C) groups is 1. The fourth-order valence-corrected chi connectivity index (χ4v) is 5.50. The van der Waals surface area contributed by atoms with E-state index in [0.717, 1.165) is 32.4 Å². The molecule has 11 heteroatoms. The van der Waals surface area contributed by atoms with Crippen LogP contribution in [0.25, 0.3) is 15.7 Å². The molecule has 0 spiro atoms. The molecule has 4 rings (SSSR count). The second-order valence-electron chi connectivity index (χ2n) is 10.1. The molecule has 196 valence electrons. The molecule has 0 radical (unpaired) electrons. The molecule has 1 saturated heterocycles. The third-order valence-corrected chi connectivity index (χ3v) is 8.29. The van der Waals surface area contributed by atoms with Gasteiger partial charge >= 0.3 is 13.1 Å². The van der Waals surface area contributed by atoms with E-state index in [0.29, 0.717) is 31.6 Å². The lowest BCUT2D eigenvalue weighted by molar-refractivity contribution is -0.130. The second-order valence-corrected chi connectivity index (χ2v) is 11.2. The van der Waals surface area contributed by atoms with Crippen LogP contribution in [0.3, 0.4) is 0 Å². The monoisotopic (exact) mass is 524 g/mol. The zero-order valence-corrected chi connectivity index (χ0v) is 22.8. The van der Waals surface area contributed by atoms with Gasteiger partial charge in [0, 0.05) is 41.8 Å². The number of hydrogen-bond donors (Lipinski definition) is 1. The highest BCUT2D eigenvalue weighted by Gasteiger charge is 2.52. The standard InChI is InChI=1S/C26H33BN4O5S/c1-25(2)26(3,4)36-27(35-25)20-13-18(24(33)34-5)14-22-19(20)15-21(37-22)17-7-6-12-31(16-17)23(32)8-9-29-10-11-30-28/h7,10-11,13-15H,6,8-9,12,16,28H2,1-5H3/b29-10?,30-11-. The van der Waals surface area contributed by atoms with Crippen molar-refractivity contribution in [2.75, 3.05) is 26.7 Å². The van der Waals surface area contributed by atoms with Crippen molar-refractivity contribution in [1.82, 2.24) is 4.90 Å². The van der Waals surface area contributed by atoms with Gasteiger partial charge in [0.15, 0.2) is 0 Å². The highest BCUT2D eigenvalue weighted by molar-refractivity contribution is 7.20. The molecular weight excluding hydrogens is 491 g/mol. The van der Waals surface area contributed by atoms with Gasteiger partial charge in [0.25, 0.3) is 0 Å². The summed E-state index contributed by atoms with van der Waals surface area (Å²) in [5.41, 5.74) is 1.29. The van der Waals surface area contributed by atoms with E-state index in [2.05, 4.69) is 22.2 Å². The largest absolute Gasteiger partial charge is 0.495 e. The van der Waals surface area contributed by atoms with Crippen LogP contribution in [0.5, 0.6) is 0 Å². The van der Waals surface area contributed by atoms with Crippen LogP contribution in [-0.4, -0.2) is 74.3 Å². The van der Waals surface area contributed by atoms with E-state index in [4.69, 9.17) is 19.9 Å². The Kier molecular flexibility index (Phi) is 7.87. The number of thiophene rings is 1. The van der Waals surface area contributed by atoms with Crippen LogP contribution in [0.4, 0.5) is 0 Å². The molecule has 2 aliphatic heterocycles. The first kappa shape index (κ1) is 27.0. The molecule has 0 aliphatic carbocycles. The maximum Gasteiger partial charge on any atom is 0.495 e. The van der Waals surface area contributed by atoms with Gasteiger partial charge in [-0.15, -0.1) is 11.3 Å². The van der Waals surface area contributed by atoms with Crippen molar-refractivity contribution < 1.29 is 23.6 Å². The van der Waals surface area contributed by atoms with Crippen molar-refractivity contribution >= 4 is 63.9 Å². The lowest BCUT2D eigenvalue weighted by atomic mass is 9.76. The van der Waals surface area contributed by atoms with E-state index in [-0.39, 0.29) is 5.91 Å². The van der Waals surface area contributed by atoms with Gasteiger partial charge in [0.05, 0.1) is 30.1 Å². The molecule has 0 unspecified atom stereocenters. The number of carbonyl (C=O) groups excluding carboxylic acids is 2. The van der Waals surface area contributed by atoms with Gasteiger partial charge in [-0.2, -0.15) is 5.10 Å². The van der Waals surface area contributed by atoms with Gasteiger partial charge in [-0.1, -0.05) is 6.08 Å². The summed E-state index contributed by atoms with van der Waals surface area (Å²) in [4.78, 5) is 32.3.